The summed E-state index contributed by atoms with van der Waals surface area (Å²) < 4.78 is 13.5. The molecule has 0 aliphatic rings. The number of carbonyl (C=O) groups excluding carboxylic acids is 1. The first-order valence-electron chi connectivity index (χ1n) is 8.03. The molecule has 3 aromatic carbocycles. The van der Waals surface area contributed by atoms with Crippen LogP contribution < -0.4 is 10.6 Å². The van der Waals surface area contributed by atoms with E-state index < -0.39 is 6.03 Å². The number of hydrogen-bond acceptors (Lipinski definition) is 2. The monoisotopic (exact) mass is 364 g/mol. The Hall–Kier alpha value is -3.05. The lowest BCUT2D eigenvalue weighted by atomic mass is 10.2. The summed E-state index contributed by atoms with van der Waals surface area (Å²) in [6, 6.07) is 23.5. The zero-order valence-electron chi connectivity index (χ0n) is 13.9. The average molecular weight is 364 g/mol. The molecule has 0 aliphatic carbocycles. The van der Waals surface area contributed by atoms with Gasteiger partial charge in [0, 0.05) is 21.6 Å². The Balaban J connectivity index is 1.63. The molecule has 0 saturated carbocycles. The predicted molar refractivity (Wildman–Crippen MR) is 105 cm³/mol. The van der Waals surface area contributed by atoms with E-state index in [1.165, 1.54) is 18.3 Å². The Morgan fingerprint density at radius 1 is 0.885 bits per heavy atom. The molecule has 2 N–H and O–H groups in total. The van der Waals surface area contributed by atoms with E-state index >= 15 is 0 Å². The quantitative estimate of drug-likeness (QED) is 0.603. The van der Waals surface area contributed by atoms with Gasteiger partial charge in [0.1, 0.15) is 5.82 Å². The number of carbonyl (C=O) groups is 1. The molecular formula is C21H17FN2OS. The fraction of sp³-hybridized carbons (Fsp3) is 0. The number of para-hydroxylation sites is 1. The summed E-state index contributed by atoms with van der Waals surface area (Å²) in [5.41, 5.74) is 1.12. The number of rotatable bonds is 5. The number of amides is 2. The van der Waals surface area contributed by atoms with Crippen molar-refractivity contribution in [1.29, 1.82) is 0 Å². The Bertz CT molecular complexity index is 913. The lowest BCUT2D eigenvalue weighted by Crippen LogP contribution is -2.24. The maximum atomic E-state index is 13.5. The van der Waals surface area contributed by atoms with Crippen molar-refractivity contribution in [2.45, 2.75) is 9.79 Å². The molecule has 0 radical (unpaired) electrons. The third kappa shape index (κ3) is 4.97. The summed E-state index contributed by atoms with van der Waals surface area (Å²) >= 11 is 1.57. The largest absolute Gasteiger partial charge is 0.323 e. The third-order valence-corrected chi connectivity index (χ3v) is 4.57. The van der Waals surface area contributed by atoms with Crippen LogP contribution in [0.25, 0.3) is 6.08 Å². The number of anilines is 1. The maximum Gasteiger partial charge on any atom is 0.323 e. The molecule has 5 heteroatoms. The standard InChI is InChI=1S/C21H17FN2OS/c22-18-11-5-4-8-16(18)14-15-23-21(25)24-19-12-6-7-13-20(19)26-17-9-2-1-3-10-17/h1-15H,(H2,23,24,25)/b15-14+. The lowest BCUT2D eigenvalue weighted by Gasteiger charge is -2.10. The summed E-state index contributed by atoms with van der Waals surface area (Å²) in [4.78, 5) is 14.1. The van der Waals surface area contributed by atoms with Crippen LogP contribution in [0.5, 0.6) is 0 Å². The minimum atomic E-state index is -0.390. The van der Waals surface area contributed by atoms with Gasteiger partial charge in [-0.05, 0) is 36.4 Å². The zero-order valence-corrected chi connectivity index (χ0v) is 14.7. The molecule has 130 valence electrons. The van der Waals surface area contributed by atoms with Crippen LogP contribution in [-0.2, 0) is 0 Å². The molecule has 0 unspecified atom stereocenters. The van der Waals surface area contributed by atoms with E-state index in [2.05, 4.69) is 10.6 Å². The summed E-state index contributed by atoms with van der Waals surface area (Å²) in [5.74, 6) is -0.337. The Morgan fingerprint density at radius 3 is 2.38 bits per heavy atom. The number of hydrogen-bond donors (Lipinski definition) is 2. The second-order valence-electron chi connectivity index (χ2n) is 5.36. The fourth-order valence-electron chi connectivity index (χ4n) is 2.25. The molecule has 0 aromatic heterocycles. The van der Waals surface area contributed by atoms with E-state index in [4.69, 9.17) is 0 Å². The molecule has 0 spiro atoms. The van der Waals surface area contributed by atoms with Gasteiger partial charge in [0.2, 0.25) is 0 Å². The summed E-state index contributed by atoms with van der Waals surface area (Å²) in [6.45, 7) is 0. The van der Waals surface area contributed by atoms with E-state index in [-0.39, 0.29) is 5.82 Å². The first kappa shape index (κ1) is 17.8. The van der Waals surface area contributed by atoms with Gasteiger partial charge < -0.3 is 10.6 Å². The number of benzene rings is 3. The van der Waals surface area contributed by atoms with Gasteiger partial charge in [-0.25, -0.2) is 9.18 Å². The summed E-state index contributed by atoms with van der Waals surface area (Å²) in [5, 5.41) is 5.41. The van der Waals surface area contributed by atoms with Crippen LogP contribution >= 0.6 is 11.8 Å². The molecule has 26 heavy (non-hydrogen) atoms. The fourth-order valence-corrected chi connectivity index (χ4v) is 3.17. The highest BCUT2D eigenvalue weighted by molar-refractivity contribution is 7.99. The molecule has 0 fully saturated rings. The SMILES string of the molecule is O=C(N/C=C/c1ccccc1F)Nc1ccccc1Sc1ccccc1. The molecule has 0 heterocycles. The zero-order chi connectivity index (χ0) is 18.2. The van der Waals surface area contributed by atoms with Crippen molar-refractivity contribution in [3.63, 3.8) is 0 Å². The highest BCUT2D eigenvalue weighted by atomic mass is 32.2. The van der Waals surface area contributed by atoms with Crippen molar-refractivity contribution in [1.82, 2.24) is 5.32 Å². The van der Waals surface area contributed by atoms with E-state index in [1.807, 2.05) is 54.6 Å². The Labute approximate surface area is 156 Å². The lowest BCUT2D eigenvalue weighted by molar-refractivity contribution is 0.255. The van der Waals surface area contributed by atoms with Crippen LogP contribution in [0.2, 0.25) is 0 Å². The third-order valence-electron chi connectivity index (χ3n) is 3.49. The molecule has 3 nitrogen and oxygen atoms in total. The van der Waals surface area contributed by atoms with Crippen LogP contribution in [0.1, 0.15) is 5.56 Å². The second kappa shape index (κ2) is 8.87. The van der Waals surface area contributed by atoms with Crippen molar-refractivity contribution in [3.8, 4) is 0 Å². The molecule has 0 saturated heterocycles. The van der Waals surface area contributed by atoms with Crippen LogP contribution in [0, 0.1) is 5.82 Å². The summed E-state index contributed by atoms with van der Waals surface area (Å²) in [7, 11) is 0. The second-order valence-corrected chi connectivity index (χ2v) is 6.48. The van der Waals surface area contributed by atoms with E-state index in [0.717, 1.165) is 9.79 Å². The van der Waals surface area contributed by atoms with Crippen LogP contribution in [0.3, 0.4) is 0 Å². The molecule has 3 aromatic rings. The molecule has 0 atom stereocenters. The minimum Gasteiger partial charge on any atom is -0.314 e. The normalized spacial score (nSPS) is 10.7. The number of nitrogens with one attached hydrogen (secondary N) is 2. The van der Waals surface area contributed by atoms with Gasteiger partial charge in [0.25, 0.3) is 0 Å². The first-order valence-corrected chi connectivity index (χ1v) is 8.84. The highest BCUT2D eigenvalue weighted by Gasteiger charge is 2.06. The molecule has 3 rings (SSSR count). The van der Waals surface area contributed by atoms with Gasteiger partial charge in [-0.1, -0.05) is 60.3 Å². The van der Waals surface area contributed by atoms with Crippen molar-refractivity contribution >= 4 is 29.6 Å². The predicted octanol–water partition coefficient (Wildman–Crippen LogP) is 5.77. The smallest absolute Gasteiger partial charge is 0.314 e. The maximum absolute atomic E-state index is 13.5. The van der Waals surface area contributed by atoms with Gasteiger partial charge in [0.05, 0.1) is 5.69 Å². The minimum absolute atomic E-state index is 0.337. The van der Waals surface area contributed by atoms with Crippen LogP contribution in [0.4, 0.5) is 14.9 Å². The topological polar surface area (TPSA) is 41.1 Å². The van der Waals surface area contributed by atoms with Gasteiger partial charge in [0.15, 0.2) is 0 Å². The molecular weight excluding hydrogens is 347 g/mol. The Kier molecular flexibility index (Phi) is 6.06. The van der Waals surface area contributed by atoms with Gasteiger partial charge in [-0.15, -0.1) is 0 Å². The molecule has 0 aliphatic heterocycles. The van der Waals surface area contributed by atoms with Gasteiger partial charge >= 0.3 is 6.03 Å². The van der Waals surface area contributed by atoms with Gasteiger partial charge in [-0.3, -0.25) is 0 Å². The van der Waals surface area contributed by atoms with E-state index in [9.17, 15) is 9.18 Å². The van der Waals surface area contributed by atoms with E-state index in [0.29, 0.717) is 11.3 Å². The number of halogens is 1. The van der Waals surface area contributed by atoms with Crippen molar-refractivity contribution < 1.29 is 9.18 Å². The van der Waals surface area contributed by atoms with E-state index in [1.54, 1.807) is 30.0 Å². The highest BCUT2D eigenvalue weighted by Crippen LogP contribution is 2.33. The summed E-state index contributed by atoms with van der Waals surface area (Å²) in [6.07, 6.45) is 2.93. The van der Waals surface area contributed by atoms with Crippen molar-refractivity contribution in [2.75, 3.05) is 5.32 Å². The Morgan fingerprint density at radius 2 is 1.58 bits per heavy atom. The van der Waals surface area contributed by atoms with Crippen LogP contribution in [0.15, 0.2) is 94.9 Å². The number of urea groups is 1. The molecule has 2 amide bonds. The average Bonchev–Trinajstić information content (AvgIpc) is 2.66. The van der Waals surface area contributed by atoms with Crippen LogP contribution in [-0.4, -0.2) is 6.03 Å². The molecule has 0 bridgehead atoms. The van der Waals surface area contributed by atoms with Crippen molar-refractivity contribution in [3.05, 3.63) is 96.4 Å². The van der Waals surface area contributed by atoms with Gasteiger partial charge in [-0.2, -0.15) is 0 Å². The van der Waals surface area contributed by atoms with Crippen molar-refractivity contribution in [2.24, 2.45) is 0 Å². The first-order chi connectivity index (χ1) is 12.7.